The fourth-order valence-corrected chi connectivity index (χ4v) is 2.46. The van der Waals surface area contributed by atoms with Gasteiger partial charge in [-0.15, -0.1) is 0 Å². The molecule has 0 saturated heterocycles. The van der Waals surface area contributed by atoms with Gasteiger partial charge in [0.05, 0.1) is 19.3 Å². The van der Waals surface area contributed by atoms with E-state index in [-0.39, 0.29) is 17.1 Å². The van der Waals surface area contributed by atoms with Crippen molar-refractivity contribution in [2.24, 2.45) is 0 Å². The number of ether oxygens (including phenoxy) is 1. The van der Waals surface area contributed by atoms with E-state index in [9.17, 15) is 18.0 Å². The lowest BCUT2D eigenvalue weighted by molar-refractivity contribution is 0.0521. The Morgan fingerprint density at radius 2 is 1.90 bits per heavy atom. The number of urea groups is 1. The van der Waals surface area contributed by atoms with Crippen LogP contribution in [0.3, 0.4) is 0 Å². The second-order valence-corrected chi connectivity index (χ2v) is 5.11. The molecule has 0 atom stereocenters. The predicted octanol–water partition coefficient (Wildman–Crippen LogP) is 0.413. The van der Waals surface area contributed by atoms with E-state index in [1.807, 2.05) is 0 Å². The van der Waals surface area contributed by atoms with Crippen molar-refractivity contribution in [3.05, 3.63) is 29.8 Å². The molecule has 0 saturated carbocycles. The summed E-state index contributed by atoms with van der Waals surface area (Å²) < 4.78 is 30.5. The van der Waals surface area contributed by atoms with E-state index in [1.165, 1.54) is 24.3 Å². The van der Waals surface area contributed by atoms with Crippen LogP contribution in [0.5, 0.6) is 0 Å². The third-order valence-corrected chi connectivity index (χ3v) is 3.48. The molecule has 0 aliphatic rings. The van der Waals surface area contributed by atoms with Crippen molar-refractivity contribution < 1.29 is 27.6 Å². The normalized spacial score (nSPS) is 10.7. The highest BCUT2D eigenvalue weighted by Crippen LogP contribution is 2.16. The molecule has 20 heavy (non-hydrogen) atoms. The SMILES string of the molecule is CCOC(=O)c1ccccc1S(=O)(=O)NC(=O)NOC. The molecule has 2 N–H and O–H groups in total. The first-order chi connectivity index (χ1) is 9.42. The molecule has 0 heterocycles. The van der Waals surface area contributed by atoms with Crippen LogP contribution in [-0.4, -0.2) is 34.1 Å². The maximum absolute atomic E-state index is 12.0. The van der Waals surface area contributed by atoms with Gasteiger partial charge in [0.15, 0.2) is 0 Å². The molecule has 110 valence electrons. The molecule has 0 fully saturated rings. The summed E-state index contributed by atoms with van der Waals surface area (Å²) in [6.07, 6.45) is 0. The van der Waals surface area contributed by atoms with Crippen LogP contribution in [0.15, 0.2) is 29.2 Å². The summed E-state index contributed by atoms with van der Waals surface area (Å²) in [7, 11) is -3.07. The molecule has 0 radical (unpaired) electrons. The van der Waals surface area contributed by atoms with E-state index in [2.05, 4.69) is 4.84 Å². The number of esters is 1. The molecule has 0 aromatic heterocycles. The minimum atomic E-state index is -4.22. The number of hydrogen-bond acceptors (Lipinski definition) is 6. The number of rotatable bonds is 5. The van der Waals surface area contributed by atoms with Crippen molar-refractivity contribution in [3.8, 4) is 0 Å². The molecule has 1 aromatic carbocycles. The number of sulfonamides is 1. The highest BCUT2D eigenvalue weighted by molar-refractivity contribution is 7.90. The zero-order chi connectivity index (χ0) is 15.2. The predicted molar refractivity (Wildman–Crippen MR) is 68.3 cm³/mol. The molecule has 9 heteroatoms. The van der Waals surface area contributed by atoms with Crippen molar-refractivity contribution in [2.45, 2.75) is 11.8 Å². The average molecular weight is 302 g/mol. The van der Waals surface area contributed by atoms with Gasteiger partial charge in [0.2, 0.25) is 0 Å². The Balaban J connectivity index is 3.12. The number of carbonyl (C=O) groups excluding carboxylic acids is 2. The smallest absolute Gasteiger partial charge is 0.352 e. The first-order valence-electron chi connectivity index (χ1n) is 5.54. The number of nitrogens with one attached hydrogen (secondary N) is 2. The second kappa shape index (κ2) is 6.87. The first kappa shape index (κ1) is 15.9. The Morgan fingerprint density at radius 3 is 2.50 bits per heavy atom. The Bertz CT molecular complexity index is 599. The van der Waals surface area contributed by atoms with Crippen molar-refractivity contribution in [3.63, 3.8) is 0 Å². The molecular weight excluding hydrogens is 288 g/mol. The van der Waals surface area contributed by atoms with Crippen molar-refractivity contribution in [1.82, 2.24) is 10.2 Å². The fraction of sp³-hybridized carbons (Fsp3) is 0.273. The highest BCUT2D eigenvalue weighted by Gasteiger charge is 2.24. The van der Waals surface area contributed by atoms with Crippen LogP contribution in [0.25, 0.3) is 0 Å². The summed E-state index contributed by atoms with van der Waals surface area (Å²) in [6.45, 7) is 1.70. The van der Waals surface area contributed by atoms with Crippen LogP contribution < -0.4 is 10.2 Å². The van der Waals surface area contributed by atoms with E-state index in [0.717, 1.165) is 7.11 Å². The van der Waals surface area contributed by atoms with Gasteiger partial charge in [-0.25, -0.2) is 28.2 Å². The van der Waals surface area contributed by atoms with Gasteiger partial charge < -0.3 is 4.74 Å². The van der Waals surface area contributed by atoms with E-state index in [0.29, 0.717) is 0 Å². The summed E-state index contributed by atoms with van der Waals surface area (Å²) in [5.41, 5.74) is 1.64. The van der Waals surface area contributed by atoms with Gasteiger partial charge >= 0.3 is 12.0 Å². The Hall–Kier alpha value is -2.13. The van der Waals surface area contributed by atoms with Crippen LogP contribution in [0.1, 0.15) is 17.3 Å². The molecule has 2 amide bonds. The molecule has 0 aliphatic carbocycles. The maximum Gasteiger partial charge on any atom is 0.352 e. The van der Waals surface area contributed by atoms with E-state index >= 15 is 0 Å². The average Bonchev–Trinajstić information content (AvgIpc) is 2.38. The topological polar surface area (TPSA) is 111 Å². The van der Waals surface area contributed by atoms with Crippen molar-refractivity contribution in [1.29, 1.82) is 0 Å². The first-order valence-corrected chi connectivity index (χ1v) is 7.02. The molecule has 0 unspecified atom stereocenters. The zero-order valence-corrected chi connectivity index (χ0v) is 11.7. The van der Waals surface area contributed by atoms with Crippen molar-refractivity contribution >= 4 is 22.0 Å². The van der Waals surface area contributed by atoms with Crippen LogP contribution in [-0.2, 0) is 19.6 Å². The lowest BCUT2D eigenvalue weighted by Gasteiger charge is -2.10. The quantitative estimate of drug-likeness (QED) is 0.602. The van der Waals surface area contributed by atoms with E-state index < -0.39 is 22.0 Å². The number of hydrogen-bond donors (Lipinski definition) is 2. The largest absolute Gasteiger partial charge is 0.462 e. The third kappa shape index (κ3) is 3.93. The highest BCUT2D eigenvalue weighted by atomic mass is 32.2. The molecule has 1 rings (SSSR count). The van der Waals surface area contributed by atoms with Crippen LogP contribution in [0.2, 0.25) is 0 Å². The Morgan fingerprint density at radius 1 is 1.25 bits per heavy atom. The van der Waals surface area contributed by atoms with E-state index in [4.69, 9.17) is 4.74 Å². The summed E-state index contributed by atoms with van der Waals surface area (Å²) in [5, 5.41) is 0. The monoisotopic (exact) mass is 302 g/mol. The van der Waals surface area contributed by atoms with Gasteiger partial charge in [-0.05, 0) is 19.1 Å². The minimum absolute atomic E-state index is 0.102. The molecule has 1 aromatic rings. The van der Waals surface area contributed by atoms with E-state index in [1.54, 1.807) is 17.1 Å². The lowest BCUT2D eigenvalue weighted by atomic mass is 10.2. The molecular formula is C11H14N2O6S. The molecule has 0 aliphatic heterocycles. The Labute approximate surface area is 116 Å². The standard InChI is InChI=1S/C11H14N2O6S/c1-3-19-10(14)8-6-4-5-7-9(8)20(16,17)13-11(15)12-18-2/h4-7H,3H2,1-2H3,(H2,12,13,15). The van der Waals surface area contributed by atoms with Gasteiger partial charge in [0.1, 0.15) is 4.90 Å². The minimum Gasteiger partial charge on any atom is -0.462 e. The second-order valence-electron chi connectivity index (χ2n) is 3.46. The van der Waals surface area contributed by atoms with Gasteiger partial charge in [-0.3, -0.25) is 4.84 Å². The van der Waals surface area contributed by atoms with Gasteiger partial charge in [-0.2, -0.15) is 0 Å². The van der Waals surface area contributed by atoms with Crippen LogP contribution >= 0.6 is 0 Å². The van der Waals surface area contributed by atoms with Crippen LogP contribution in [0, 0.1) is 0 Å². The summed E-state index contributed by atoms with van der Waals surface area (Å²) in [5.74, 6) is -0.791. The number of amides is 2. The number of carbonyl (C=O) groups is 2. The number of benzene rings is 1. The molecule has 0 bridgehead atoms. The van der Waals surface area contributed by atoms with Crippen LogP contribution in [0.4, 0.5) is 4.79 Å². The summed E-state index contributed by atoms with van der Waals surface area (Å²) in [4.78, 5) is 26.8. The fourth-order valence-electron chi connectivity index (χ4n) is 1.37. The van der Waals surface area contributed by atoms with Gasteiger partial charge in [0, 0.05) is 0 Å². The van der Waals surface area contributed by atoms with Crippen molar-refractivity contribution in [2.75, 3.05) is 13.7 Å². The van der Waals surface area contributed by atoms with Gasteiger partial charge in [-0.1, -0.05) is 12.1 Å². The maximum atomic E-state index is 12.0. The molecule has 0 spiro atoms. The third-order valence-electron chi connectivity index (χ3n) is 2.09. The summed E-state index contributed by atoms with van der Waals surface area (Å²) in [6, 6.07) is 4.31. The molecule has 8 nitrogen and oxygen atoms in total. The van der Waals surface area contributed by atoms with Gasteiger partial charge in [0.25, 0.3) is 10.0 Å². The Kier molecular flexibility index (Phi) is 5.47. The lowest BCUT2D eigenvalue weighted by Crippen LogP contribution is -2.39. The summed E-state index contributed by atoms with van der Waals surface area (Å²) >= 11 is 0. The zero-order valence-electron chi connectivity index (χ0n) is 10.9. The number of hydroxylamine groups is 1.